The molecule has 4 heteroatoms. The van der Waals surface area contributed by atoms with Crippen molar-refractivity contribution in [3.63, 3.8) is 0 Å². The lowest BCUT2D eigenvalue weighted by atomic mass is 9.99. The molecule has 38 heavy (non-hydrogen) atoms. The molecular weight excluding hydrogens is 487 g/mol. The van der Waals surface area contributed by atoms with Crippen LogP contribution < -0.4 is 30.1 Å². The third-order valence-corrected chi connectivity index (χ3v) is 11.1. The van der Waals surface area contributed by atoms with Gasteiger partial charge < -0.3 is 14.2 Å². The van der Waals surface area contributed by atoms with Crippen molar-refractivity contribution in [2.45, 2.75) is 62.3 Å². The van der Waals surface area contributed by atoms with Gasteiger partial charge in [-0.3, -0.25) is 0 Å². The molecule has 0 unspecified atom stereocenters. The van der Waals surface area contributed by atoms with Gasteiger partial charge in [0.25, 0.3) is 0 Å². The van der Waals surface area contributed by atoms with Gasteiger partial charge in [-0.15, -0.1) is 0 Å². The second-order valence-corrected chi connectivity index (χ2v) is 17.4. The van der Waals surface area contributed by atoms with Gasteiger partial charge in [-0.05, 0) is 89.0 Å². The fourth-order valence-corrected chi connectivity index (χ4v) is 9.30. The Hall–Kier alpha value is -2.51. The van der Waals surface area contributed by atoms with Gasteiger partial charge in [0.2, 0.25) is 0 Å². The molecule has 0 fully saturated rings. The van der Waals surface area contributed by atoms with E-state index in [0.717, 1.165) is 23.4 Å². The minimum atomic E-state index is -2.01. The van der Waals surface area contributed by atoms with Crippen molar-refractivity contribution in [3.05, 3.63) is 72.8 Å². The second-order valence-electron chi connectivity index (χ2n) is 13.9. The summed E-state index contributed by atoms with van der Waals surface area (Å²) in [6, 6.07) is 26.4. The fourth-order valence-electron chi connectivity index (χ4n) is 4.46. The minimum Gasteiger partial charge on any atom is -0.497 e. The average Bonchev–Trinajstić information content (AvgIpc) is 2.84. The summed E-state index contributed by atoms with van der Waals surface area (Å²) in [6.45, 7) is 21.6. The zero-order chi connectivity index (χ0) is 28.2. The third-order valence-electron chi connectivity index (χ3n) is 6.12. The fraction of sp³-hybridized carbons (Fsp3) is 0.471. The SMILES string of the molecule is COc1ccc([P+](CC(C)(C)C)(c2ccc(OCC(C)(C)C)cc2)c2ccc(OCC(C)(C)C)cc2)cc1. The molecule has 0 N–H and O–H groups in total. The van der Waals surface area contributed by atoms with E-state index in [0.29, 0.717) is 13.2 Å². The van der Waals surface area contributed by atoms with Crippen LogP contribution >= 0.6 is 7.26 Å². The Kier molecular flexibility index (Phi) is 9.25. The lowest BCUT2D eigenvalue weighted by Gasteiger charge is -2.33. The summed E-state index contributed by atoms with van der Waals surface area (Å²) in [4.78, 5) is 0. The molecule has 0 bridgehead atoms. The maximum Gasteiger partial charge on any atom is 0.119 e. The van der Waals surface area contributed by atoms with Crippen LogP contribution in [0.1, 0.15) is 62.3 Å². The summed E-state index contributed by atoms with van der Waals surface area (Å²) in [6.07, 6.45) is 1.04. The molecular formula is C34H48O3P+. The molecule has 3 aromatic rings. The first-order valence-electron chi connectivity index (χ1n) is 13.6. The topological polar surface area (TPSA) is 27.7 Å². The summed E-state index contributed by atoms with van der Waals surface area (Å²) in [5, 5.41) is 4.05. The number of benzene rings is 3. The van der Waals surface area contributed by atoms with E-state index >= 15 is 0 Å². The maximum absolute atomic E-state index is 6.13. The molecule has 0 amide bonds. The standard InChI is InChI=1S/C34H48O3P/c1-32(2,3)23-36-27-13-19-30(20-14-27)38(25-34(7,8)9,29-17-11-26(35-10)12-18-29)31-21-15-28(16-22-31)37-24-33(4,5)6/h11-22H,23-25H2,1-10H3/q+1. The van der Waals surface area contributed by atoms with Gasteiger partial charge in [-0.1, -0.05) is 62.3 Å². The Balaban J connectivity index is 2.14. The van der Waals surface area contributed by atoms with E-state index in [1.54, 1.807) is 7.11 Å². The third kappa shape index (κ3) is 8.24. The number of hydrogen-bond acceptors (Lipinski definition) is 3. The number of ether oxygens (including phenoxy) is 3. The highest BCUT2D eigenvalue weighted by Crippen LogP contribution is 2.59. The maximum atomic E-state index is 6.13. The molecule has 0 saturated carbocycles. The highest BCUT2D eigenvalue weighted by molar-refractivity contribution is 7.95. The lowest BCUT2D eigenvalue weighted by molar-refractivity contribution is 0.198. The summed E-state index contributed by atoms with van der Waals surface area (Å²) in [5.41, 5.74) is 0.333. The smallest absolute Gasteiger partial charge is 0.119 e. The zero-order valence-corrected chi connectivity index (χ0v) is 26.1. The summed E-state index contributed by atoms with van der Waals surface area (Å²) in [7, 11) is -0.293. The van der Waals surface area contributed by atoms with Crippen LogP contribution in [0.2, 0.25) is 0 Å². The number of hydrogen-bond donors (Lipinski definition) is 0. The van der Waals surface area contributed by atoms with Gasteiger partial charge in [0.1, 0.15) is 40.4 Å². The lowest BCUT2D eigenvalue weighted by Crippen LogP contribution is -2.37. The van der Waals surface area contributed by atoms with Gasteiger partial charge in [-0.2, -0.15) is 0 Å². The average molecular weight is 536 g/mol. The first-order chi connectivity index (χ1) is 17.6. The van der Waals surface area contributed by atoms with Crippen molar-refractivity contribution >= 4 is 23.2 Å². The van der Waals surface area contributed by atoms with Crippen LogP contribution in [0, 0.1) is 16.2 Å². The van der Waals surface area contributed by atoms with Crippen molar-refractivity contribution in [1.29, 1.82) is 0 Å². The Bertz CT molecular complexity index is 1080. The minimum absolute atomic E-state index is 0.108. The molecule has 0 atom stereocenters. The van der Waals surface area contributed by atoms with Crippen LogP contribution in [0.25, 0.3) is 0 Å². The molecule has 3 aromatic carbocycles. The van der Waals surface area contributed by atoms with Gasteiger partial charge in [0.15, 0.2) is 0 Å². The first kappa shape index (κ1) is 30.0. The van der Waals surface area contributed by atoms with E-state index in [9.17, 15) is 0 Å². The van der Waals surface area contributed by atoms with E-state index in [-0.39, 0.29) is 16.2 Å². The van der Waals surface area contributed by atoms with Gasteiger partial charge in [-0.25, -0.2) is 0 Å². The molecule has 3 nitrogen and oxygen atoms in total. The van der Waals surface area contributed by atoms with Crippen LogP contribution in [0.5, 0.6) is 17.2 Å². The van der Waals surface area contributed by atoms with E-state index in [2.05, 4.69) is 135 Å². The van der Waals surface area contributed by atoms with E-state index in [4.69, 9.17) is 14.2 Å². The molecule has 0 aliphatic rings. The summed E-state index contributed by atoms with van der Waals surface area (Å²) in [5.74, 6) is 2.70. The van der Waals surface area contributed by atoms with Crippen molar-refractivity contribution in [2.75, 3.05) is 26.5 Å². The molecule has 0 radical (unpaired) electrons. The zero-order valence-electron chi connectivity index (χ0n) is 25.2. The molecule has 206 valence electrons. The van der Waals surface area contributed by atoms with Crippen LogP contribution in [-0.4, -0.2) is 26.5 Å². The predicted molar refractivity (Wildman–Crippen MR) is 166 cm³/mol. The Morgan fingerprint density at radius 3 is 1.05 bits per heavy atom. The van der Waals surface area contributed by atoms with Gasteiger partial charge in [0, 0.05) is 0 Å². The summed E-state index contributed by atoms with van der Waals surface area (Å²) >= 11 is 0. The van der Waals surface area contributed by atoms with Crippen molar-refractivity contribution in [3.8, 4) is 17.2 Å². The number of rotatable bonds is 9. The molecule has 0 aliphatic carbocycles. The highest BCUT2D eigenvalue weighted by Gasteiger charge is 2.48. The largest absolute Gasteiger partial charge is 0.497 e. The second kappa shape index (κ2) is 11.7. The first-order valence-corrected chi connectivity index (χ1v) is 15.6. The molecule has 0 saturated heterocycles. The highest BCUT2D eigenvalue weighted by atomic mass is 31.2. The Morgan fingerprint density at radius 1 is 0.474 bits per heavy atom. The molecule has 0 aliphatic heterocycles. The molecule has 0 heterocycles. The quantitative estimate of drug-likeness (QED) is 0.261. The van der Waals surface area contributed by atoms with E-state index in [1.165, 1.54) is 15.9 Å². The summed E-state index contributed by atoms with van der Waals surface area (Å²) < 4.78 is 17.8. The van der Waals surface area contributed by atoms with E-state index in [1.807, 2.05) is 0 Å². The normalized spacial score (nSPS) is 12.8. The van der Waals surface area contributed by atoms with E-state index < -0.39 is 7.26 Å². The predicted octanol–water partition coefficient (Wildman–Crippen LogP) is 7.89. The van der Waals surface area contributed by atoms with Crippen LogP contribution in [0.4, 0.5) is 0 Å². The molecule has 0 aromatic heterocycles. The van der Waals surface area contributed by atoms with Crippen LogP contribution in [-0.2, 0) is 0 Å². The Labute approximate surface area is 232 Å². The van der Waals surface area contributed by atoms with Crippen molar-refractivity contribution in [2.24, 2.45) is 16.2 Å². The monoisotopic (exact) mass is 535 g/mol. The number of methoxy groups -OCH3 is 1. The molecule has 3 rings (SSSR count). The van der Waals surface area contributed by atoms with Crippen LogP contribution in [0.3, 0.4) is 0 Å². The van der Waals surface area contributed by atoms with Gasteiger partial charge in [0.05, 0.1) is 26.5 Å². The van der Waals surface area contributed by atoms with Gasteiger partial charge >= 0.3 is 0 Å². The van der Waals surface area contributed by atoms with Crippen molar-refractivity contribution in [1.82, 2.24) is 0 Å². The Morgan fingerprint density at radius 2 is 0.789 bits per heavy atom. The molecule has 0 spiro atoms. The van der Waals surface area contributed by atoms with Crippen LogP contribution in [0.15, 0.2) is 72.8 Å². The van der Waals surface area contributed by atoms with Crippen molar-refractivity contribution < 1.29 is 14.2 Å².